The lowest BCUT2D eigenvalue weighted by molar-refractivity contribution is 0.463. The number of halogens is 2. The minimum atomic E-state index is 0. The van der Waals surface area contributed by atoms with Crippen LogP contribution in [0.1, 0.15) is 22.4 Å². The van der Waals surface area contributed by atoms with Gasteiger partial charge in [0.15, 0.2) is 0 Å². The molecule has 1 aliphatic rings. The van der Waals surface area contributed by atoms with Gasteiger partial charge in [0, 0.05) is 23.2 Å². The van der Waals surface area contributed by atoms with Crippen molar-refractivity contribution in [2.24, 2.45) is 0 Å². The number of thiophene rings is 1. The predicted octanol–water partition coefficient (Wildman–Crippen LogP) is 3.86. The third kappa shape index (κ3) is 4.62. The molecule has 5 heteroatoms. The number of anilines is 1. The minimum Gasteiger partial charge on any atom is -0.398 e. The van der Waals surface area contributed by atoms with Crippen molar-refractivity contribution in [3.8, 4) is 0 Å². The third-order valence-electron chi connectivity index (χ3n) is 3.90. The third-order valence-corrected chi connectivity index (χ3v) is 4.84. The van der Waals surface area contributed by atoms with Crippen LogP contribution in [0.3, 0.4) is 0 Å². The van der Waals surface area contributed by atoms with E-state index in [1.165, 1.54) is 22.4 Å². The molecule has 0 radical (unpaired) electrons. The molecule has 1 aliphatic carbocycles. The maximum atomic E-state index is 6.03. The van der Waals surface area contributed by atoms with E-state index in [-0.39, 0.29) is 24.8 Å². The van der Waals surface area contributed by atoms with Gasteiger partial charge in [-0.15, -0.1) is 36.2 Å². The standard InChI is InChI=1S/C16H20N2S.2ClH/c17-16-5-1-3-12-11-13(6-7-15(12)16)18-9-8-14-4-2-10-19-14;;/h1-5,10,13,18H,6-9,11,17H2;2*1H. The molecule has 1 aromatic heterocycles. The molecule has 2 aromatic rings. The van der Waals surface area contributed by atoms with Crippen molar-refractivity contribution in [3.63, 3.8) is 0 Å². The quantitative estimate of drug-likeness (QED) is 0.826. The van der Waals surface area contributed by atoms with E-state index in [9.17, 15) is 0 Å². The molecule has 3 rings (SSSR count). The lowest BCUT2D eigenvalue weighted by Crippen LogP contribution is -2.35. The van der Waals surface area contributed by atoms with E-state index in [2.05, 4.69) is 35.0 Å². The highest BCUT2D eigenvalue weighted by atomic mass is 35.5. The molecule has 21 heavy (non-hydrogen) atoms. The highest BCUT2D eigenvalue weighted by Gasteiger charge is 2.19. The van der Waals surface area contributed by atoms with Crippen LogP contribution in [0.15, 0.2) is 35.7 Å². The van der Waals surface area contributed by atoms with Gasteiger partial charge in [-0.3, -0.25) is 0 Å². The Morgan fingerprint density at radius 2 is 2.05 bits per heavy atom. The fourth-order valence-electron chi connectivity index (χ4n) is 2.87. The van der Waals surface area contributed by atoms with Gasteiger partial charge in [0.05, 0.1) is 0 Å². The highest BCUT2D eigenvalue weighted by Crippen LogP contribution is 2.26. The summed E-state index contributed by atoms with van der Waals surface area (Å²) >= 11 is 1.84. The predicted molar refractivity (Wildman–Crippen MR) is 97.2 cm³/mol. The number of benzene rings is 1. The lowest BCUT2D eigenvalue weighted by atomic mass is 9.87. The molecule has 1 aromatic carbocycles. The Bertz CT molecular complexity index is 543. The zero-order valence-corrected chi connectivity index (χ0v) is 14.3. The second-order valence-electron chi connectivity index (χ2n) is 5.21. The smallest absolute Gasteiger partial charge is 0.0349 e. The maximum absolute atomic E-state index is 6.03. The molecule has 2 nitrogen and oxygen atoms in total. The number of hydrogen-bond donors (Lipinski definition) is 2. The van der Waals surface area contributed by atoms with E-state index in [0.717, 1.165) is 31.5 Å². The van der Waals surface area contributed by atoms with Crippen molar-refractivity contribution < 1.29 is 0 Å². The summed E-state index contributed by atoms with van der Waals surface area (Å²) in [5, 5.41) is 5.83. The molecule has 116 valence electrons. The Morgan fingerprint density at radius 1 is 1.19 bits per heavy atom. The normalized spacial score (nSPS) is 16.5. The van der Waals surface area contributed by atoms with Crippen molar-refractivity contribution >= 4 is 41.8 Å². The molecule has 0 saturated heterocycles. The van der Waals surface area contributed by atoms with Crippen LogP contribution < -0.4 is 11.1 Å². The summed E-state index contributed by atoms with van der Waals surface area (Å²) in [6, 6.07) is 11.3. The number of nitrogens with one attached hydrogen (secondary N) is 1. The minimum absolute atomic E-state index is 0. The molecule has 1 atom stereocenters. The largest absolute Gasteiger partial charge is 0.398 e. The zero-order valence-electron chi connectivity index (χ0n) is 11.9. The van der Waals surface area contributed by atoms with Gasteiger partial charge in [-0.25, -0.2) is 0 Å². The van der Waals surface area contributed by atoms with Crippen molar-refractivity contribution in [2.75, 3.05) is 12.3 Å². The van der Waals surface area contributed by atoms with Gasteiger partial charge >= 0.3 is 0 Å². The maximum Gasteiger partial charge on any atom is 0.0349 e. The molecule has 0 saturated carbocycles. The molecule has 0 bridgehead atoms. The summed E-state index contributed by atoms with van der Waals surface area (Å²) in [5.41, 5.74) is 9.80. The van der Waals surface area contributed by atoms with Crippen molar-refractivity contribution in [3.05, 3.63) is 51.7 Å². The first-order chi connectivity index (χ1) is 9.33. The molecule has 0 spiro atoms. The fourth-order valence-corrected chi connectivity index (χ4v) is 3.57. The van der Waals surface area contributed by atoms with Gasteiger partial charge in [-0.2, -0.15) is 0 Å². The number of hydrogen-bond acceptors (Lipinski definition) is 3. The molecule has 0 amide bonds. The molecule has 0 fully saturated rings. The van der Waals surface area contributed by atoms with Crippen LogP contribution in [-0.4, -0.2) is 12.6 Å². The second kappa shape index (κ2) is 8.64. The average Bonchev–Trinajstić information content (AvgIpc) is 2.92. The number of nitrogen functional groups attached to an aromatic ring is 1. The molecule has 3 N–H and O–H groups in total. The second-order valence-corrected chi connectivity index (χ2v) is 6.24. The van der Waals surface area contributed by atoms with E-state index in [1.807, 2.05) is 17.4 Å². The Labute approximate surface area is 143 Å². The Morgan fingerprint density at radius 3 is 2.81 bits per heavy atom. The van der Waals surface area contributed by atoms with Crippen molar-refractivity contribution in [1.82, 2.24) is 5.32 Å². The van der Waals surface area contributed by atoms with Crippen LogP contribution in [0.25, 0.3) is 0 Å². The Balaban J connectivity index is 0.00000110. The van der Waals surface area contributed by atoms with Gasteiger partial charge in [-0.05, 0) is 54.3 Å². The van der Waals surface area contributed by atoms with Crippen LogP contribution in [-0.2, 0) is 19.3 Å². The highest BCUT2D eigenvalue weighted by molar-refractivity contribution is 7.09. The van der Waals surface area contributed by atoms with Crippen LogP contribution in [0.4, 0.5) is 5.69 Å². The average molecular weight is 345 g/mol. The van der Waals surface area contributed by atoms with Crippen LogP contribution >= 0.6 is 36.2 Å². The van der Waals surface area contributed by atoms with E-state index in [1.54, 1.807) is 0 Å². The summed E-state index contributed by atoms with van der Waals surface area (Å²) < 4.78 is 0. The first-order valence-electron chi connectivity index (χ1n) is 6.95. The first kappa shape index (κ1) is 18.3. The van der Waals surface area contributed by atoms with E-state index < -0.39 is 0 Å². The monoisotopic (exact) mass is 344 g/mol. The number of rotatable bonds is 4. The van der Waals surface area contributed by atoms with Gasteiger partial charge in [0.1, 0.15) is 0 Å². The summed E-state index contributed by atoms with van der Waals surface area (Å²) in [7, 11) is 0. The molecule has 1 heterocycles. The summed E-state index contributed by atoms with van der Waals surface area (Å²) in [6.07, 6.45) is 4.56. The lowest BCUT2D eigenvalue weighted by Gasteiger charge is -2.26. The van der Waals surface area contributed by atoms with E-state index in [0.29, 0.717) is 6.04 Å². The topological polar surface area (TPSA) is 38.0 Å². The first-order valence-corrected chi connectivity index (χ1v) is 7.83. The van der Waals surface area contributed by atoms with Gasteiger partial charge in [-0.1, -0.05) is 18.2 Å². The fraction of sp³-hybridized carbons (Fsp3) is 0.375. The molecule has 0 aliphatic heterocycles. The van der Waals surface area contributed by atoms with E-state index >= 15 is 0 Å². The molecular formula is C16H22Cl2N2S. The number of nitrogens with two attached hydrogens (primary N) is 1. The zero-order chi connectivity index (χ0) is 13.1. The van der Waals surface area contributed by atoms with Crippen molar-refractivity contribution in [1.29, 1.82) is 0 Å². The number of fused-ring (bicyclic) bond motifs is 1. The van der Waals surface area contributed by atoms with E-state index in [4.69, 9.17) is 5.73 Å². The van der Waals surface area contributed by atoms with Crippen LogP contribution in [0.2, 0.25) is 0 Å². The van der Waals surface area contributed by atoms with Crippen LogP contribution in [0.5, 0.6) is 0 Å². The Kier molecular flexibility index (Phi) is 7.53. The molecule has 1 unspecified atom stereocenters. The Hall–Kier alpha value is -0.740. The van der Waals surface area contributed by atoms with Crippen LogP contribution in [0, 0.1) is 0 Å². The van der Waals surface area contributed by atoms with Gasteiger partial charge < -0.3 is 11.1 Å². The molecular weight excluding hydrogens is 323 g/mol. The SMILES string of the molecule is Cl.Cl.Nc1cccc2c1CCC(NCCc1cccs1)C2. The summed E-state index contributed by atoms with van der Waals surface area (Å²) in [5.74, 6) is 0. The summed E-state index contributed by atoms with van der Waals surface area (Å²) in [4.78, 5) is 1.47. The van der Waals surface area contributed by atoms with Gasteiger partial charge in [0.2, 0.25) is 0 Å². The van der Waals surface area contributed by atoms with Gasteiger partial charge in [0.25, 0.3) is 0 Å². The van der Waals surface area contributed by atoms with Crippen molar-refractivity contribution in [2.45, 2.75) is 31.7 Å². The summed E-state index contributed by atoms with van der Waals surface area (Å²) in [6.45, 7) is 1.07.